The maximum atomic E-state index is 13.0. The van der Waals surface area contributed by atoms with Gasteiger partial charge in [-0.05, 0) is 57.8 Å². The summed E-state index contributed by atoms with van der Waals surface area (Å²) in [5, 5.41) is 13.9. The van der Waals surface area contributed by atoms with Gasteiger partial charge in [0.2, 0.25) is 5.91 Å². The van der Waals surface area contributed by atoms with E-state index in [9.17, 15) is 19.4 Å². The Labute approximate surface area is 493 Å². The number of allylic oxidation sites excluding steroid dienone is 5. The summed E-state index contributed by atoms with van der Waals surface area (Å²) in [6.07, 6.45) is 81.3. The van der Waals surface area contributed by atoms with Gasteiger partial charge < -0.3 is 28.8 Å². The van der Waals surface area contributed by atoms with Crippen molar-refractivity contribution in [1.82, 2.24) is 5.32 Å². The number of rotatable bonds is 65. The van der Waals surface area contributed by atoms with Crippen LogP contribution in [0.2, 0.25) is 0 Å². The van der Waals surface area contributed by atoms with Crippen LogP contribution < -0.4 is 10.2 Å². The molecule has 0 radical (unpaired) electrons. The molecule has 79 heavy (non-hydrogen) atoms. The first kappa shape index (κ1) is 77.7. The molecule has 0 spiro atoms. The number of phosphoric acid groups is 1. The normalized spacial score (nSPS) is 13.9. The molecule has 8 nitrogen and oxygen atoms in total. The number of hydrogen-bond acceptors (Lipinski definition) is 6. The summed E-state index contributed by atoms with van der Waals surface area (Å²) in [6.45, 7) is 4.69. The van der Waals surface area contributed by atoms with E-state index in [4.69, 9.17) is 9.05 Å². The number of amides is 1. The van der Waals surface area contributed by atoms with Gasteiger partial charge in [-0.2, -0.15) is 0 Å². The van der Waals surface area contributed by atoms with Crippen LogP contribution in [0.15, 0.2) is 36.5 Å². The number of unbranched alkanes of at least 4 members (excludes halogenated alkanes) is 48. The summed E-state index contributed by atoms with van der Waals surface area (Å²) in [7, 11) is 1.26. The molecule has 0 aromatic heterocycles. The standard InChI is InChI=1S/C70H137N2O6P/c1-6-8-10-12-14-16-18-20-22-24-26-28-30-32-34-36-38-40-42-44-46-48-50-52-54-56-58-60-62-64-70(74)71-68(67-78-79(75,76)77-66-65-72(3,4)5)69(73)63-61-59-57-55-53-51-49-47-45-43-41-39-37-35-33-31-29-27-25-23-21-19-17-15-13-11-9-7-2/h24,26,53,55,61,63,68-69,73H,6-23,25,27-52,54,56-60,62,64-67H2,1-5H3,(H-,71,74,75,76)/b26-24-,55-53+,63-61+. The van der Waals surface area contributed by atoms with Crippen LogP contribution in [-0.2, 0) is 18.4 Å². The number of hydrogen-bond donors (Lipinski definition) is 2. The minimum Gasteiger partial charge on any atom is -0.756 e. The predicted octanol–water partition coefficient (Wildman–Crippen LogP) is 21.4. The fourth-order valence-corrected chi connectivity index (χ4v) is 11.4. The molecule has 0 rings (SSSR count). The van der Waals surface area contributed by atoms with Gasteiger partial charge in [0, 0.05) is 6.42 Å². The highest BCUT2D eigenvalue weighted by Crippen LogP contribution is 2.38. The SMILES string of the molecule is CCCCCCCCCC/C=C\CCCCCCCCCCCCCCCCCCCC(=O)NC(COP(=O)([O-])OCC[N+](C)(C)C)C(O)/C=C/CC/C=C/CCCCCCCCCCCCCCCCCCCCCCCC. The molecular weight excluding hydrogens is 996 g/mol. The Morgan fingerprint density at radius 1 is 0.430 bits per heavy atom. The first-order chi connectivity index (χ1) is 38.5. The zero-order valence-corrected chi connectivity index (χ0v) is 54.5. The molecule has 0 saturated heterocycles. The second-order valence-electron chi connectivity index (χ2n) is 25.2. The minimum atomic E-state index is -4.61. The van der Waals surface area contributed by atoms with Crippen LogP contribution in [0.4, 0.5) is 0 Å². The van der Waals surface area contributed by atoms with E-state index in [0.717, 1.165) is 38.5 Å². The molecule has 0 heterocycles. The Hall–Kier alpha value is -1.28. The van der Waals surface area contributed by atoms with Crippen LogP contribution in [0, 0.1) is 0 Å². The van der Waals surface area contributed by atoms with Crippen molar-refractivity contribution in [3.05, 3.63) is 36.5 Å². The smallest absolute Gasteiger partial charge is 0.268 e. The Kier molecular flexibility index (Phi) is 60.3. The van der Waals surface area contributed by atoms with Crippen molar-refractivity contribution in [1.29, 1.82) is 0 Å². The molecule has 0 aromatic rings. The van der Waals surface area contributed by atoms with Crippen molar-refractivity contribution in [2.45, 2.75) is 366 Å². The van der Waals surface area contributed by atoms with Crippen molar-refractivity contribution in [3.63, 3.8) is 0 Å². The molecule has 3 atom stereocenters. The molecule has 0 aromatic carbocycles. The van der Waals surface area contributed by atoms with E-state index in [1.165, 1.54) is 295 Å². The first-order valence-electron chi connectivity index (χ1n) is 34.9. The third kappa shape index (κ3) is 64.1. The third-order valence-corrected chi connectivity index (χ3v) is 17.0. The number of carbonyl (C=O) groups is 1. The number of carbonyl (C=O) groups excluding carboxylic acids is 1. The van der Waals surface area contributed by atoms with Crippen molar-refractivity contribution >= 4 is 13.7 Å². The average molecular weight is 1130 g/mol. The van der Waals surface area contributed by atoms with Crippen molar-refractivity contribution < 1.29 is 32.9 Å². The zero-order chi connectivity index (χ0) is 57.7. The fourth-order valence-electron chi connectivity index (χ4n) is 10.6. The summed E-state index contributed by atoms with van der Waals surface area (Å²) < 4.78 is 23.4. The largest absolute Gasteiger partial charge is 0.756 e. The Balaban J connectivity index is 4.09. The number of nitrogens with one attached hydrogen (secondary N) is 1. The number of quaternary nitrogens is 1. The number of nitrogens with zero attached hydrogens (tertiary/aromatic N) is 1. The Bertz CT molecular complexity index is 1380. The third-order valence-electron chi connectivity index (χ3n) is 16.1. The molecule has 0 aliphatic carbocycles. The fraction of sp³-hybridized carbons (Fsp3) is 0.900. The van der Waals surface area contributed by atoms with E-state index in [2.05, 4.69) is 43.5 Å². The van der Waals surface area contributed by atoms with E-state index in [1.54, 1.807) is 6.08 Å². The van der Waals surface area contributed by atoms with Gasteiger partial charge in [0.05, 0.1) is 39.9 Å². The van der Waals surface area contributed by atoms with Crippen LogP contribution in [0.3, 0.4) is 0 Å². The van der Waals surface area contributed by atoms with Gasteiger partial charge in [0.15, 0.2) is 0 Å². The molecular formula is C70H137N2O6P. The lowest BCUT2D eigenvalue weighted by atomic mass is 10.0. The second-order valence-corrected chi connectivity index (χ2v) is 26.6. The van der Waals surface area contributed by atoms with Crippen LogP contribution in [0.25, 0.3) is 0 Å². The average Bonchev–Trinajstić information content (AvgIpc) is 3.42. The zero-order valence-electron chi connectivity index (χ0n) is 53.6. The molecule has 1 amide bonds. The molecule has 0 fully saturated rings. The maximum Gasteiger partial charge on any atom is 0.268 e. The highest BCUT2D eigenvalue weighted by Gasteiger charge is 2.23. The molecule has 9 heteroatoms. The quantitative estimate of drug-likeness (QED) is 0.0272. The lowest BCUT2D eigenvalue weighted by Gasteiger charge is -2.29. The predicted molar refractivity (Wildman–Crippen MR) is 344 cm³/mol. The van der Waals surface area contributed by atoms with E-state index in [1.807, 2.05) is 27.2 Å². The summed E-state index contributed by atoms with van der Waals surface area (Å²) in [5.41, 5.74) is 0. The van der Waals surface area contributed by atoms with E-state index >= 15 is 0 Å². The van der Waals surface area contributed by atoms with Gasteiger partial charge in [-0.3, -0.25) is 9.36 Å². The van der Waals surface area contributed by atoms with Crippen molar-refractivity contribution in [2.24, 2.45) is 0 Å². The van der Waals surface area contributed by atoms with Crippen molar-refractivity contribution in [2.75, 3.05) is 40.9 Å². The lowest BCUT2D eigenvalue weighted by molar-refractivity contribution is -0.870. The van der Waals surface area contributed by atoms with Crippen LogP contribution in [0.5, 0.6) is 0 Å². The number of aliphatic hydroxyl groups excluding tert-OH is 1. The minimum absolute atomic E-state index is 0.00463. The molecule has 0 saturated carbocycles. The first-order valence-corrected chi connectivity index (χ1v) is 36.3. The van der Waals surface area contributed by atoms with Gasteiger partial charge in [-0.15, -0.1) is 0 Å². The van der Waals surface area contributed by atoms with Gasteiger partial charge in [0.25, 0.3) is 7.82 Å². The van der Waals surface area contributed by atoms with Crippen LogP contribution in [0.1, 0.15) is 354 Å². The second kappa shape index (κ2) is 61.3. The number of phosphoric ester groups is 1. The van der Waals surface area contributed by atoms with Crippen LogP contribution >= 0.6 is 7.82 Å². The highest BCUT2D eigenvalue weighted by atomic mass is 31.2. The van der Waals surface area contributed by atoms with E-state index < -0.39 is 20.0 Å². The summed E-state index contributed by atoms with van der Waals surface area (Å²) in [6, 6.07) is -0.904. The monoisotopic (exact) mass is 1130 g/mol. The Morgan fingerprint density at radius 2 is 0.709 bits per heavy atom. The van der Waals surface area contributed by atoms with Gasteiger partial charge >= 0.3 is 0 Å². The topological polar surface area (TPSA) is 108 Å². The molecule has 0 aliphatic heterocycles. The van der Waals surface area contributed by atoms with Crippen LogP contribution in [-0.4, -0.2) is 68.5 Å². The molecule has 468 valence electrons. The molecule has 2 N–H and O–H groups in total. The molecule has 0 bridgehead atoms. The van der Waals surface area contributed by atoms with Gasteiger partial charge in [-0.1, -0.05) is 326 Å². The van der Waals surface area contributed by atoms with Gasteiger partial charge in [-0.25, -0.2) is 0 Å². The van der Waals surface area contributed by atoms with E-state index in [-0.39, 0.29) is 19.1 Å². The summed E-state index contributed by atoms with van der Waals surface area (Å²) >= 11 is 0. The lowest BCUT2D eigenvalue weighted by Crippen LogP contribution is -2.45. The van der Waals surface area contributed by atoms with Gasteiger partial charge in [0.1, 0.15) is 13.2 Å². The Morgan fingerprint density at radius 3 is 1.03 bits per heavy atom. The summed E-state index contributed by atoms with van der Waals surface area (Å²) in [5.74, 6) is -0.200. The number of aliphatic hydroxyl groups is 1. The highest BCUT2D eigenvalue weighted by molar-refractivity contribution is 7.45. The summed E-state index contributed by atoms with van der Waals surface area (Å²) in [4.78, 5) is 25.6. The molecule has 0 aliphatic rings. The molecule has 3 unspecified atom stereocenters. The van der Waals surface area contributed by atoms with E-state index in [0.29, 0.717) is 17.4 Å². The maximum absolute atomic E-state index is 13.0. The number of likely N-dealkylation sites (N-methyl/N-ethyl adjacent to an activating group) is 1. The van der Waals surface area contributed by atoms with Crippen molar-refractivity contribution in [3.8, 4) is 0 Å².